The minimum absolute atomic E-state index is 0.353. The lowest BCUT2D eigenvalue weighted by atomic mass is 9.96. The molecule has 42 heavy (non-hydrogen) atoms. The van der Waals surface area contributed by atoms with Crippen LogP contribution in [0.4, 0.5) is 17.6 Å². The topological polar surface area (TPSA) is 72.0 Å². The van der Waals surface area contributed by atoms with Gasteiger partial charge < -0.3 is 5.32 Å². The first-order chi connectivity index (χ1) is 20.3. The molecule has 0 fully saturated rings. The van der Waals surface area contributed by atoms with E-state index in [4.69, 9.17) is 0 Å². The Kier molecular flexibility index (Phi) is 5.67. The van der Waals surface area contributed by atoms with Crippen molar-refractivity contribution in [1.29, 1.82) is 10.5 Å². The lowest BCUT2D eigenvalue weighted by molar-refractivity contribution is 0.583. The smallest absolute Gasteiger partial charge is 0.206 e. The fourth-order valence-corrected chi connectivity index (χ4v) is 6.03. The Morgan fingerprint density at radius 3 is 1.67 bits per heavy atom. The van der Waals surface area contributed by atoms with E-state index in [9.17, 15) is 28.1 Å². The summed E-state index contributed by atoms with van der Waals surface area (Å²) in [5.41, 5.74) is 8.45. The first-order valence-corrected chi connectivity index (χ1v) is 12.9. The van der Waals surface area contributed by atoms with Crippen LogP contribution in [0.15, 0.2) is 89.9 Å². The minimum atomic E-state index is -0.698. The summed E-state index contributed by atoms with van der Waals surface area (Å²) < 4.78 is 55.8. The van der Waals surface area contributed by atoms with E-state index in [0.29, 0.717) is 39.1 Å². The first kappa shape index (κ1) is 25.3. The number of rotatable bonds is 3. The van der Waals surface area contributed by atoms with Gasteiger partial charge in [0.1, 0.15) is 23.3 Å². The quantitative estimate of drug-likeness (QED) is 0.136. The molecule has 0 amide bonds. The second-order valence-electron chi connectivity index (χ2n) is 10.1. The van der Waals surface area contributed by atoms with Crippen molar-refractivity contribution in [1.82, 2.24) is 5.32 Å². The van der Waals surface area contributed by atoms with Crippen molar-refractivity contribution >= 4 is 5.71 Å². The molecule has 200 valence electrons. The molecule has 1 N–H and O–H groups in total. The molecule has 5 aromatic carbocycles. The molecule has 0 bridgehead atoms. The third-order valence-electron chi connectivity index (χ3n) is 7.74. The summed E-state index contributed by atoms with van der Waals surface area (Å²) in [5, 5.41) is 22.0. The van der Waals surface area contributed by atoms with Gasteiger partial charge in [-0.2, -0.15) is 15.5 Å². The molecule has 1 atom stereocenters. The Balaban J connectivity index is 1.38. The van der Waals surface area contributed by atoms with Gasteiger partial charge in [0.25, 0.3) is 0 Å². The highest BCUT2D eigenvalue weighted by molar-refractivity contribution is 6.26. The summed E-state index contributed by atoms with van der Waals surface area (Å²) in [6, 6.07) is 20.7. The molecule has 0 aliphatic heterocycles. The molecule has 0 saturated carbocycles. The van der Waals surface area contributed by atoms with Crippen molar-refractivity contribution in [3.8, 4) is 56.9 Å². The average Bonchev–Trinajstić information content (AvgIpc) is 3.42. The fourth-order valence-electron chi connectivity index (χ4n) is 6.03. The van der Waals surface area contributed by atoms with Crippen LogP contribution in [0, 0.1) is 46.2 Å². The number of aliphatic imine (C=N–C) groups is 1. The highest BCUT2D eigenvalue weighted by Crippen LogP contribution is 2.50. The molecule has 0 spiro atoms. The Hall–Kier alpha value is -5.73. The molecule has 4 nitrogen and oxygen atoms in total. The summed E-state index contributed by atoms with van der Waals surface area (Å²) in [6.07, 6.45) is 3.89. The molecular formula is C34H16F4N4. The second kappa shape index (κ2) is 9.43. The van der Waals surface area contributed by atoms with Gasteiger partial charge in [-0.1, -0.05) is 24.3 Å². The SMILES string of the molecule is N#CN=C1c2cc(-c3cc(F)cc(F)c3)ccc2-c2cc3c(cc21)-c1ccc(-c2cc(F)cc(F)c2)cc1C3NC#N. The number of nitrogens with one attached hydrogen (secondary N) is 1. The van der Waals surface area contributed by atoms with Crippen LogP contribution in [-0.4, -0.2) is 5.71 Å². The van der Waals surface area contributed by atoms with Crippen LogP contribution in [-0.2, 0) is 0 Å². The molecule has 0 aromatic heterocycles. The highest BCUT2D eigenvalue weighted by atomic mass is 19.1. The molecular weight excluding hydrogens is 540 g/mol. The van der Waals surface area contributed by atoms with Crippen LogP contribution in [0.25, 0.3) is 44.5 Å². The number of nitrogens with zero attached hydrogens (tertiary/aromatic N) is 3. The predicted octanol–water partition coefficient (Wildman–Crippen LogP) is 8.02. The molecule has 2 aliphatic carbocycles. The maximum Gasteiger partial charge on any atom is 0.206 e. The van der Waals surface area contributed by atoms with E-state index in [-0.39, 0.29) is 0 Å². The number of halogens is 4. The molecule has 2 aliphatic rings. The monoisotopic (exact) mass is 556 g/mol. The van der Waals surface area contributed by atoms with Gasteiger partial charge in [-0.05, 0) is 104 Å². The van der Waals surface area contributed by atoms with Crippen molar-refractivity contribution < 1.29 is 17.6 Å². The van der Waals surface area contributed by atoms with Gasteiger partial charge in [0, 0.05) is 23.3 Å². The van der Waals surface area contributed by atoms with Gasteiger partial charge in [-0.3, -0.25) is 0 Å². The van der Waals surface area contributed by atoms with Gasteiger partial charge in [0.2, 0.25) is 6.19 Å². The van der Waals surface area contributed by atoms with Gasteiger partial charge in [0.05, 0.1) is 11.8 Å². The lowest BCUT2D eigenvalue weighted by Gasteiger charge is -2.13. The van der Waals surface area contributed by atoms with E-state index in [2.05, 4.69) is 10.3 Å². The third-order valence-corrected chi connectivity index (χ3v) is 7.74. The standard InChI is InChI=1S/C34H16F4N4/c35-21-5-19(6-22(36)11-21)17-1-3-25-27-13-32-28(14-31(27)33(41-15-39)29(25)9-17)26-4-2-18(10-30(26)34(32)42-16-40)20-7-23(37)12-24(38)8-20/h1-14,33,41H. The van der Waals surface area contributed by atoms with Gasteiger partial charge in [-0.25, -0.2) is 17.6 Å². The minimum Gasteiger partial charge on any atom is -0.312 e. The predicted molar refractivity (Wildman–Crippen MR) is 150 cm³/mol. The van der Waals surface area contributed by atoms with Crippen molar-refractivity contribution in [2.45, 2.75) is 6.04 Å². The van der Waals surface area contributed by atoms with E-state index < -0.39 is 29.3 Å². The van der Waals surface area contributed by atoms with Crippen molar-refractivity contribution in [3.05, 3.63) is 130 Å². The Morgan fingerprint density at radius 1 is 0.524 bits per heavy atom. The number of fused-ring (bicyclic) bond motifs is 6. The lowest BCUT2D eigenvalue weighted by Crippen LogP contribution is -2.14. The van der Waals surface area contributed by atoms with E-state index in [1.165, 1.54) is 24.3 Å². The third kappa shape index (κ3) is 3.93. The van der Waals surface area contributed by atoms with Crippen molar-refractivity contribution in [2.24, 2.45) is 4.99 Å². The van der Waals surface area contributed by atoms with E-state index in [0.717, 1.165) is 45.5 Å². The molecule has 0 heterocycles. The fraction of sp³-hybridized carbons (Fsp3) is 0.0294. The number of benzene rings is 5. The largest absolute Gasteiger partial charge is 0.312 e. The van der Waals surface area contributed by atoms with E-state index in [1.807, 2.05) is 42.7 Å². The number of hydrogen-bond acceptors (Lipinski definition) is 4. The highest BCUT2D eigenvalue weighted by Gasteiger charge is 2.34. The van der Waals surface area contributed by atoms with Gasteiger partial charge in [0.15, 0.2) is 6.19 Å². The summed E-state index contributed by atoms with van der Waals surface area (Å²) >= 11 is 0. The summed E-state index contributed by atoms with van der Waals surface area (Å²) in [6.45, 7) is 0. The zero-order valence-electron chi connectivity index (χ0n) is 21.5. The molecule has 0 saturated heterocycles. The molecule has 8 heteroatoms. The van der Waals surface area contributed by atoms with E-state index >= 15 is 0 Å². The Bertz CT molecular complexity index is 2060. The van der Waals surface area contributed by atoms with Crippen molar-refractivity contribution in [3.63, 3.8) is 0 Å². The zero-order valence-corrected chi connectivity index (χ0v) is 21.5. The maximum atomic E-state index is 13.9. The van der Waals surface area contributed by atoms with Crippen LogP contribution in [0.2, 0.25) is 0 Å². The van der Waals surface area contributed by atoms with Crippen LogP contribution < -0.4 is 5.32 Å². The maximum absolute atomic E-state index is 13.9. The molecule has 1 unspecified atom stereocenters. The summed E-state index contributed by atoms with van der Waals surface area (Å²) in [7, 11) is 0. The molecule has 0 radical (unpaired) electrons. The number of hydrogen-bond donors (Lipinski definition) is 1. The van der Waals surface area contributed by atoms with E-state index in [1.54, 1.807) is 18.2 Å². The van der Waals surface area contributed by atoms with Gasteiger partial charge >= 0.3 is 0 Å². The molecule has 7 rings (SSSR count). The summed E-state index contributed by atoms with van der Waals surface area (Å²) in [5.74, 6) is -2.77. The van der Waals surface area contributed by atoms with Gasteiger partial charge in [-0.15, -0.1) is 0 Å². The van der Waals surface area contributed by atoms with Crippen LogP contribution in [0.3, 0.4) is 0 Å². The Morgan fingerprint density at radius 2 is 1.07 bits per heavy atom. The normalized spacial score (nSPS) is 14.9. The Labute approximate surface area is 237 Å². The number of nitriles is 2. The zero-order chi connectivity index (χ0) is 29.1. The van der Waals surface area contributed by atoms with Crippen LogP contribution >= 0.6 is 0 Å². The second-order valence-corrected chi connectivity index (χ2v) is 10.1. The van der Waals surface area contributed by atoms with Crippen LogP contribution in [0.1, 0.15) is 28.3 Å². The van der Waals surface area contributed by atoms with Crippen LogP contribution in [0.5, 0.6) is 0 Å². The van der Waals surface area contributed by atoms with Crippen molar-refractivity contribution in [2.75, 3.05) is 0 Å². The summed E-state index contributed by atoms with van der Waals surface area (Å²) in [4.78, 5) is 4.12. The first-order valence-electron chi connectivity index (χ1n) is 12.9. The average molecular weight is 557 g/mol. The molecule has 5 aromatic rings.